The van der Waals surface area contributed by atoms with Gasteiger partial charge < -0.3 is 4.74 Å². The van der Waals surface area contributed by atoms with E-state index in [0.29, 0.717) is 29.0 Å². The predicted molar refractivity (Wildman–Crippen MR) is 106 cm³/mol. The number of ketones is 1. The van der Waals surface area contributed by atoms with Crippen LogP contribution in [0.3, 0.4) is 0 Å². The minimum absolute atomic E-state index is 0.0246. The van der Waals surface area contributed by atoms with Crippen LogP contribution in [0.25, 0.3) is 0 Å². The maximum atomic E-state index is 12.8. The van der Waals surface area contributed by atoms with Crippen LogP contribution in [-0.4, -0.2) is 17.9 Å². The van der Waals surface area contributed by atoms with E-state index in [9.17, 15) is 9.59 Å². The molecule has 0 aromatic carbocycles. The van der Waals surface area contributed by atoms with Gasteiger partial charge in [0.25, 0.3) is 0 Å². The molecule has 3 heteroatoms. The Bertz CT molecular complexity index is 667. The topological polar surface area (TPSA) is 43.4 Å². The van der Waals surface area contributed by atoms with Gasteiger partial charge in [0, 0.05) is 24.2 Å². The molecule has 0 aliphatic heterocycles. The third kappa shape index (κ3) is 2.38. The van der Waals surface area contributed by atoms with Crippen molar-refractivity contribution in [1.82, 2.24) is 0 Å². The van der Waals surface area contributed by atoms with E-state index in [-0.39, 0.29) is 28.3 Å². The van der Waals surface area contributed by atoms with E-state index < -0.39 is 0 Å². The molecule has 4 rings (SSSR count). The summed E-state index contributed by atoms with van der Waals surface area (Å²) in [5, 5.41) is 0. The Morgan fingerprint density at radius 1 is 0.926 bits per heavy atom. The van der Waals surface area contributed by atoms with Crippen LogP contribution in [0, 0.1) is 39.4 Å². The van der Waals surface area contributed by atoms with Crippen molar-refractivity contribution < 1.29 is 14.3 Å². The average Bonchev–Trinajstić information content (AvgIpc) is 2.82. The van der Waals surface area contributed by atoms with Crippen LogP contribution < -0.4 is 0 Å². The molecule has 152 valence electrons. The molecule has 3 nitrogen and oxygen atoms in total. The van der Waals surface area contributed by atoms with Gasteiger partial charge in [-0.15, -0.1) is 0 Å². The number of carbonyl (C=O) groups excluding carboxylic acids is 2. The van der Waals surface area contributed by atoms with E-state index >= 15 is 0 Å². The van der Waals surface area contributed by atoms with Crippen molar-refractivity contribution in [1.29, 1.82) is 0 Å². The van der Waals surface area contributed by atoms with Gasteiger partial charge >= 0.3 is 5.97 Å². The number of esters is 1. The van der Waals surface area contributed by atoms with Gasteiger partial charge in [-0.05, 0) is 73.5 Å². The van der Waals surface area contributed by atoms with Crippen LogP contribution in [0.5, 0.6) is 0 Å². The van der Waals surface area contributed by atoms with Crippen molar-refractivity contribution in [3.05, 3.63) is 0 Å². The molecule has 0 spiro atoms. The zero-order valence-electron chi connectivity index (χ0n) is 18.2. The zero-order valence-corrected chi connectivity index (χ0v) is 18.2. The molecule has 0 radical (unpaired) electrons. The van der Waals surface area contributed by atoms with Crippen molar-refractivity contribution >= 4 is 11.8 Å². The van der Waals surface area contributed by atoms with Gasteiger partial charge in [-0.3, -0.25) is 9.59 Å². The molecular weight excluding hydrogens is 336 g/mol. The van der Waals surface area contributed by atoms with Crippen molar-refractivity contribution in [2.45, 2.75) is 99.0 Å². The summed E-state index contributed by atoms with van der Waals surface area (Å²) in [7, 11) is 0. The van der Waals surface area contributed by atoms with E-state index in [1.165, 1.54) is 19.3 Å². The number of carbonyl (C=O) groups is 2. The maximum absolute atomic E-state index is 12.8. The van der Waals surface area contributed by atoms with Crippen molar-refractivity contribution in [2.75, 3.05) is 0 Å². The lowest BCUT2D eigenvalue weighted by molar-refractivity contribution is -0.205. The normalized spacial score (nSPS) is 51.1. The van der Waals surface area contributed by atoms with Crippen LogP contribution in [0.4, 0.5) is 0 Å². The van der Waals surface area contributed by atoms with Crippen molar-refractivity contribution in [3.8, 4) is 0 Å². The minimum Gasteiger partial charge on any atom is -0.462 e. The van der Waals surface area contributed by atoms with Crippen molar-refractivity contribution in [3.63, 3.8) is 0 Å². The molecule has 4 aliphatic rings. The fourth-order valence-electron chi connectivity index (χ4n) is 8.63. The van der Waals surface area contributed by atoms with Gasteiger partial charge in [0.2, 0.25) is 0 Å². The highest BCUT2D eigenvalue weighted by atomic mass is 16.5. The second-order valence-electron chi connectivity index (χ2n) is 11.5. The van der Waals surface area contributed by atoms with Crippen LogP contribution >= 0.6 is 0 Å². The second-order valence-corrected chi connectivity index (χ2v) is 11.5. The van der Waals surface area contributed by atoms with Crippen molar-refractivity contribution in [2.24, 2.45) is 39.4 Å². The summed E-state index contributed by atoms with van der Waals surface area (Å²) in [6, 6.07) is 0. The fraction of sp³-hybridized carbons (Fsp3) is 0.917. The van der Waals surface area contributed by atoms with Crippen LogP contribution in [0.2, 0.25) is 0 Å². The smallest absolute Gasteiger partial charge is 0.302 e. The highest BCUT2D eigenvalue weighted by Crippen LogP contribution is 2.72. The minimum atomic E-state index is -0.143. The summed E-state index contributed by atoms with van der Waals surface area (Å²) in [4.78, 5) is 24.4. The number of ether oxygens (including phenoxy) is 1. The molecule has 4 aliphatic carbocycles. The van der Waals surface area contributed by atoms with E-state index in [2.05, 4.69) is 34.6 Å². The Morgan fingerprint density at radius 3 is 2.30 bits per heavy atom. The predicted octanol–water partition coefficient (Wildman–Crippen LogP) is 5.56. The number of fused-ring (bicyclic) bond motifs is 5. The van der Waals surface area contributed by atoms with E-state index in [0.717, 1.165) is 32.1 Å². The Kier molecular flexibility index (Phi) is 4.20. The molecule has 0 aromatic heterocycles. The largest absolute Gasteiger partial charge is 0.462 e. The molecular formula is C24H38O3. The quantitative estimate of drug-likeness (QED) is 0.565. The number of hydrogen-bond donors (Lipinski definition) is 0. The highest BCUT2D eigenvalue weighted by molar-refractivity contribution is 5.88. The van der Waals surface area contributed by atoms with E-state index in [1.807, 2.05) is 0 Å². The first-order chi connectivity index (χ1) is 12.5. The summed E-state index contributed by atoms with van der Waals surface area (Å²) >= 11 is 0. The molecule has 0 aromatic rings. The fourth-order valence-corrected chi connectivity index (χ4v) is 8.63. The molecule has 4 fully saturated rings. The third-order valence-corrected chi connectivity index (χ3v) is 10.4. The Labute approximate surface area is 165 Å². The van der Waals surface area contributed by atoms with Crippen LogP contribution in [0.1, 0.15) is 92.9 Å². The lowest BCUT2D eigenvalue weighted by Crippen LogP contribution is -2.61. The summed E-state index contributed by atoms with van der Waals surface area (Å²) in [6.07, 6.45) is 8.77. The van der Waals surface area contributed by atoms with Gasteiger partial charge in [-0.25, -0.2) is 0 Å². The lowest BCUT2D eigenvalue weighted by atomic mass is 9.38. The Morgan fingerprint density at radius 2 is 1.63 bits per heavy atom. The molecule has 27 heavy (non-hydrogen) atoms. The van der Waals surface area contributed by atoms with Gasteiger partial charge in [0.1, 0.15) is 11.9 Å². The molecule has 0 unspecified atom stereocenters. The molecule has 0 saturated heterocycles. The molecule has 0 heterocycles. The first-order valence-electron chi connectivity index (χ1n) is 11.2. The van der Waals surface area contributed by atoms with E-state index in [4.69, 9.17) is 4.74 Å². The second kappa shape index (κ2) is 5.83. The summed E-state index contributed by atoms with van der Waals surface area (Å²) < 4.78 is 5.77. The third-order valence-electron chi connectivity index (χ3n) is 10.4. The van der Waals surface area contributed by atoms with E-state index in [1.54, 1.807) is 6.92 Å². The maximum Gasteiger partial charge on any atom is 0.302 e. The van der Waals surface area contributed by atoms with Gasteiger partial charge in [-0.1, -0.05) is 34.6 Å². The SMILES string of the molecule is CC(=O)O[C@H]1CC[C@]2(C)[C@H]3CC[C@]4(C)C(=O)CC[C@@]4(C)[C@@H]3CC[C@H]2C1(C)C. The van der Waals surface area contributed by atoms with Crippen LogP contribution in [-0.2, 0) is 14.3 Å². The van der Waals surface area contributed by atoms with Gasteiger partial charge in [0.05, 0.1) is 0 Å². The summed E-state index contributed by atoms with van der Waals surface area (Å²) in [6.45, 7) is 13.4. The Balaban J connectivity index is 1.67. The van der Waals surface area contributed by atoms with Crippen LogP contribution in [0.15, 0.2) is 0 Å². The highest BCUT2D eigenvalue weighted by Gasteiger charge is 2.67. The number of hydrogen-bond acceptors (Lipinski definition) is 3. The summed E-state index contributed by atoms with van der Waals surface area (Å²) in [5.74, 6) is 2.35. The molecule has 0 bridgehead atoms. The standard InChI is InChI=1S/C24H38O3/c1-15(25)27-20-11-12-22(4)16-9-13-24(6)19(26)10-14-23(24,5)17(16)7-8-18(22)21(20,2)3/h16-18,20H,7-14H2,1-6H3/t16-,17+,18-,20-,22+,23-,24+/m0/s1. The number of Topliss-reactive ketones (excluding diaryl/α,β-unsaturated/α-hetero) is 1. The van der Waals surface area contributed by atoms with Gasteiger partial charge in [0.15, 0.2) is 0 Å². The first-order valence-corrected chi connectivity index (χ1v) is 11.2. The lowest BCUT2D eigenvalue weighted by Gasteiger charge is -2.66. The molecule has 7 atom stereocenters. The molecule has 4 saturated carbocycles. The summed E-state index contributed by atoms with van der Waals surface area (Å²) in [5.41, 5.74) is 0.412. The Hall–Kier alpha value is -0.860. The zero-order chi connectivity index (χ0) is 19.8. The van der Waals surface area contributed by atoms with Gasteiger partial charge in [-0.2, -0.15) is 0 Å². The monoisotopic (exact) mass is 374 g/mol. The molecule has 0 N–H and O–H groups in total. The first kappa shape index (κ1) is 19.5. The molecule has 0 amide bonds. The number of rotatable bonds is 1. The average molecular weight is 375 g/mol.